The van der Waals surface area contributed by atoms with Crippen LogP contribution in [0.4, 0.5) is 22.0 Å². The summed E-state index contributed by atoms with van der Waals surface area (Å²) < 4.78 is 61.3. The molecule has 0 spiro atoms. The molecule has 0 aliphatic rings. The molecular weight excluding hydrogens is 231 g/mol. The van der Waals surface area contributed by atoms with Crippen LogP contribution in [0.1, 0.15) is 12.0 Å². The summed E-state index contributed by atoms with van der Waals surface area (Å²) in [6.07, 6.45) is -8.30. The lowest BCUT2D eigenvalue weighted by Crippen LogP contribution is -2.21. The molecule has 1 atom stereocenters. The first-order chi connectivity index (χ1) is 7.28. The summed E-state index contributed by atoms with van der Waals surface area (Å²) in [5.41, 5.74) is -0.267. The third kappa shape index (κ3) is 4.14. The van der Waals surface area contributed by atoms with Crippen molar-refractivity contribution in [3.63, 3.8) is 0 Å². The molecule has 0 fully saturated rings. The first kappa shape index (κ1) is 12.9. The number of alkyl halides is 3. The van der Waals surface area contributed by atoms with Gasteiger partial charge in [0.1, 0.15) is 11.6 Å². The van der Waals surface area contributed by atoms with Gasteiger partial charge >= 0.3 is 6.18 Å². The second kappa shape index (κ2) is 4.78. The van der Waals surface area contributed by atoms with E-state index < -0.39 is 36.8 Å². The van der Waals surface area contributed by atoms with Gasteiger partial charge < -0.3 is 5.11 Å². The Labute approximate surface area is 88.5 Å². The standard InChI is InChI=1S/C10H9F5O/c11-7-1-2-9(12)6(3-7)4-8(16)5-10(13,14)15/h1-3,8,16H,4-5H2. The molecule has 0 saturated carbocycles. The number of aliphatic hydroxyl groups excluding tert-OH is 1. The minimum absolute atomic E-state index is 0.267. The molecule has 0 amide bonds. The van der Waals surface area contributed by atoms with Crippen LogP contribution in [0.15, 0.2) is 18.2 Å². The van der Waals surface area contributed by atoms with Gasteiger partial charge in [-0.3, -0.25) is 0 Å². The first-order valence-corrected chi connectivity index (χ1v) is 4.46. The Morgan fingerprint density at radius 2 is 1.81 bits per heavy atom. The highest BCUT2D eigenvalue weighted by atomic mass is 19.4. The zero-order chi connectivity index (χ0) is 12.3. The van der Waals surface area contributed by atoms with E-state index in [1.807, 2.05) is 0 Å². The van der Waals surface area contributed by atoms with E-state index in [2.05, 4.69) is 0 Å². The Bertz CT molecular complexity index is 361. The highest BCUT2D eigenvalue weighted by molar-refractivity contribution is 5.19. The maximum absolute atomic E-state index is 13.0. The van der Waals surface area contributed by atoms with E-state index in [-0.39, 0.29) is 5.56 Å². The molecule has 1 aromatic rings. The Balaban J connectivity index is 2.69. The summed E-state index contributed by atoms with van der Waals surface area (Å²) >= 11 is 0. The number of hydrogen-bond acceptors (Lipinski definition) is 1. The third-order valence-electron chi connectivity index (χ3n) is 1.93. The lowest BCUT2D eigenvalue weighted by atomic mass is 10.0. The molecule has 1 N–H and O–H groups in total. The molecule has 0 bridgehead atoms. The van der Waals surface area contributed by atoms with Gasteiger partial charge in [0.25, 0.3) is 0 Å². The van der Waals surface area contributed by atoms with Crippen molar-refractivity contribution < 1.29 is 27.1 Å². The van der Waals surface area contributed by atoms with E-state index in [0.29, 0.717) is 0 Å². The summed E-state index contributed by atoms with van der Waals surface area (Å²) in [7, 11) is 0. The number of benzene rings is 1. The lowest BCUT2D eigenvalue weighted by molar-refractivity contribution is -0.153. The van der Waals surface area contributed by atoms with E-state index in [1.54, 1.807) is 0 Å². The average Bonchev–Trinajstić information content (AvgIpc) is 2.08. The molecule has 1 aromatic carbocycles. The summed E-state index contributed by atoms with van der Waals surface area (Å²) in [5, 5.41) is 9.04. The largest absolute Gasteiger partial charge is 0.392 e. The Morgan fingerprint density at radius 1 is 1.19 bits per heavy atom. The van der Waals surface area contributed by atoms with Crippen molar-refractivity contribution in [2.45, 2.75) is 25.1 Å². The molecule has 0 aromatic heterocycles. The highest BCUT2D eigenvalue weighted by Crippen LogP contribution is 2.23. The normalized spacial score (nSPS) is 13.9. The topological polar surface area (TPSA) is 20.2 Å². The zero-order valence-corrected chi connectivity index (χ0v) is 8.06. The van der Waals surface area contributed by atoms with Gasteiger partial charge in [0.15, 0.2) is 0 Å². The van der Waals surface area contributed by atoms with Gasteiger partial charge in [0, 0.05) is 6.42 Å². The molecule has 1 rings (SSSR count). The van der Waals surface area contributed by atoms with E-state index >= 15 is 0 Å². The summed E-state index contributed by atoms with van der Waals surface area (Å²) in [6.45, 7) is 0. The fourth-order valence-corrected chi connectivity index (χ4v) is 1.29. The smallest absolute Gasteiger partial charge is 0.391 e. The van der Waals surface area contributed by atoms with Crippen molar-refractivity contribution in [2.75, 3.05) is 0 Å². The first-order valence-electron chi connectivity index (χ1n) is 4.46. The van der Waals surface area contributed by atoms with Crippen LogP contribution in [0.5, 0.6) is 0 Å². The van der Waals surface area contributed by atoms with Crippen LogP contribution in [-0.2, 0) is 6.42 Å². The van der Waals surface area contributed by atoms with Gasteiger partial charge in [-0.1, -0.05) is 0 Å². The summed E-state index contributed by atoms with van der Waals surface area (Å²) in [6, 6.07) is 2.44. The lowest BCUT2D eigenvalue weighted by Gasteiger charge is -2.13. The Morgan fingerprint density at radius 3 is 2.38 bits per heavy atom. The molecule has 90 valence electrons. The molecule has 1 nitrogen and oxygen atoms in total. The van der Waals surface area contributed by atoms with Gasteiger partial charge in [-0.05, 0) is 23.8 Å². The molecule has 0 saturated heterocycles. The number of hydrogen-bond donors (Lipinski definition) is 1. The van der Waals surface area contributed by atoms with E-state index in [9.17, 15) is 22.0 Å². The van der Waals surface area contributed by atoms with Gasteiger partial charge in [-0.25, -0.2) is 8.78 Å². The van der Waals surface area contributed by atoms with Crippen molar-refractivity contribution in [2.24, 2.45) is 0 Å². The van der Waals surface area contributed by atoms with Gasteiger partial charge in [0.05, 0.1) is 12.5 Å². The van der Waals surface area contributed by atoms with Crippen molar-refractivity contribution in [3.05, 3.63) is 35.4 Å². The van der Waals surface area contributed by atoms with Crippen LogP contribution < -0.4 is 0 Å². The molecule has 0 aliphatic carbocycles. The number of aliphatic hydroxyl groups is 1. The Kier molecular flexibility index (Phi) is 3.85. The SMILES string of the molecule is OC(Cc1cc(F)ccc1F)CC(F)(F)F. The van der Waals surface area contributed by atoms with E-state index in [4.69, 9.17) is 5.11 Å². The van der Waals surface area contributed by atoms with E-state index in [0.717, 1.165) is 18.2 Å². The van der Waals surface area contributed by atoms with E-state index in [1.165, 1.54) is 0 Å². The van der Waals surface area contributed by atoms with Crippen molar-refractivity contribution in [1.29, 1.82) is 0 Å². The predicted molar refractivity (Wildman–Crippen MR) is 46.7 cm³/mol. The fourth-order valence-electron chi connectivity index (χ4n) is 1.29. The molecule has 6 heteroatoms. The van der Waals surface area contributed by atoms with Gasteiger partial charge in [-0.15, -0.1) is 0 Å². The molecule has 16 heavy (non-hydrogen) atoms. The quantitative estimate of drug-likeness (QED) is 0.805. The minimum Gasteiger partial charge on any atom is -0.392 e. The van der Waals surface area contributed by atoms with Crippen LogP contribution in [0, 0.1) is 11.6 Å². The summed E-state index contributed by atoms with van der Waals surface area (Å²) in [5.74, 6) is -1.58. The monoisotopic (exact) mass is 240 g/mol. The summed E-state index contributed by atoms with van der Waals surface area (Å²) in [4.78, 5) is 0. The minimum atomic E-state index is -4.52. The average molecular weight is 240 g/mol. The molecular formula is C10H9F5O. The van der Waals surface area contributed by atoms with Crippen molar-refractivity contribution in [1.82, 2.24) is 0 Å². The molecule has 1 unspecified atom stereocenters. The molecule has 0 heterocycles. The van der Waals surface area contributed by atoms with Gasteiger partial charge in [0.2, 0.25) is 0 Å². The highest BCUT2D eigenvalue weighted by Gasteiger charge is 2.31. The Hall–Kier alpha value is -1.17. The number of halogens is 5. The third-order valence-corrected chi connectivity index (χ3v) is 1.93. The zero-order valence-electron chi connectivity index (χ0n) is 8.06. The van der Waals surface area contributed by atoms with Crippen LogP contribution in [0.2, 0.25) is 0 Å². The molecule has 0 radical (unpaired) electrons. The number of rotatable bonds is 3. The maximum atomic E-state index is 13.0. The van der Waals surface area contributed by atoms with Crippen LogP contribution in [0.25, 0.3) is 0 Å². The van der Waals surface area contributed by atoms with Crippen LogP contribution in [0.3, 0.4) is 0 Å². The second-order valence-corrected chi connectivity index (χ2v) is 3.41. The van der Waals surface area contributed by atoms with Crippen LogP contribution >= 0.6 is 0 Å². The fraction of sp³-hybridized carbons (Fsp3) is 0.400. The van der Waals surface area contributed by atoms with Crippen molar-refractivity contribution >= 4 is 0 Å². The second-order valence-electron chi connectivity index (χ2n) is 3.41. The predicted octanol–water partition coefficient (Wildman–Crippen LogP) is 2.82. The molecule has 0 aliphatic heterocycles. The maximum Gasteiger partial charge on any atom is 0.391 e. The van der Waals surface area contributed by atoms with Gasteiger partial charge in [-0.2, -0.15) is 13.2 Å². The van der Waals surface area contributed by atoms with Crippen LogP contribution in [-0.4, -0.2) is 17.4 Å². The van der Waals surface area contributed by atoms with Crippen molar-refractivity contribution in [3.8, 4) is 0 Å².